The molecule has 114 valence electrons. The normalized spacial score (nSPS) is 12.3. The van der Waals surface area contributed by atoms with Crippen molar-refractivity contribution in [3.8, 4) is 0 Å². The predicted octanol–water partition coefficient (Wildman–Crippen LogP) is 1.14. The van der Waals surface area contributed by atoms with Gasteiger partial charge in [-0.25, -0.2) is 8.42 Å². The number of likely N-dealkylation sites (N-methyl/N-ethyl adjacent to an activating group) is 1. The van der Waals surface area contributed by atoms with Crippen molar-refractivity contribution in [2.24, 2.45) is 0 Å². The lowest BCUT2D eigenvalue weighted by Gasteiger charge is -2.24. The van der Waals surface area contributed by atoms with Crippen molar-refractivity contribution in [1.29, 1.82) is 0 Å². The molecule has 1 rings (SSSR count). The molecular weight excluding hydrogens is 276 g/mol. The van der Waals surface area contributed by atoms with Gasteiger partial charge in [-0.3, -0.25) is 0 Å². The number of nitrogens with zero attached hydrogens (tertiary/aromatic N) is 2. The first kappa shape index (κ1) is 17.1. The first-order valence-electron chi connectivity index (χ1n) is 6.77. The Bertz CT molecular complexity index is 515. The highest BCUT2D eigenvalue weighted by atomic mass is 32.2. The summed E-state index contributed by atoms with van der Waals surface area (Å²) in [5.41, 5.74) is 0.443. The number of hydrogen-bond donors (Lipinski definition) is 1. The fraction of sp³-hybridized carbons (Fsp3) is 0.571. The third kappa shape index (κ3) is 4.28. The average molecular weight is 300 g/mol. The van der Waals surface area contributed by atoms with Crippen molar-refractivity contribution in [3.05, 3.63) is 29.8 Å². The van der Waals surface area contributed by atoms with Gasteiger partial charge < -0.3 is 10.0 Å². The number of benzene rings is 1. The van der Waals surface area contributed by atoms with Gasteiger partial charge in [-0.2, -0.15) is 4.31 Å². The molecule has 0 aliphatic heterocycles. The van der Waals surface area contributed by atoms with Crippen LogP contribution in [0.5, 0.6) is 0 Å². The predicted molar refractivity (Wildman–Crippen MR) is 80.0 cm³/mol. The Morgan fingerprint density at radius 2 is 1.75 bits per heavy atom. The topological polar surface area (TPSA) is 60.9 Å². The minimum absolute atomic E-state index is 0.203. The van der Waals surface area contributed by atoms with E-state index in [1.807, 2.05) is 25.9 Å². The molecule has 0 amide bonds. The summed E-state index contributed by atoms with van der Waals surface area (Å²) in [6.45, 7) is 3.28. The summed E-state index contributed by atoms with van der Waals surface area (Å²) in [5.74, 6) is 0. The van der Waals surface area contributed by atoms with Crippen LogP contribution in [0.1, 0.15) is 18.9 Å². The number of aliphatic hydroxyl groups is 1. The fourth-order valence-corrected chi connectivity index (χ4v) is 3.68. The van der Waals surface area contributed by atoms with Crippen LogP contribution < -0.4 is 0 Å². The molecule has 1 aromatic rings. The Balaban J connectivity index is 3.09. The van der Waals surface area contributed by atoms with Crippen LogP contribution in [0.25, 0.3) is 0 Å². The van der Waals surface area contributed by atoms with E-state index >= 15 is 0 Å². The SMILES string of the molecule is CCCN(CCN(C)C)S(=O)(=O)c1ccccc1CO. The van der Waals surface area contributed by atoms with Gasteiger partial charge in [-0.15, -0.1) is 0 Å². The van der Waals surface area contributed by atoms with Gasteiger partial charge in [-0.1, -0.05) is 25.1 Å². The molecule has 0 aromatic heterocycles. The van der Waals surface area contributed by atoms with E-state index < -0.39 is 10.0 Å². The van der Waals surface area contributed by atoms with Gasteiger partial charge in [0.15, 0.2) is 0 Å². The maximum absolute atomic E-state index is 12.7. The van der Waals surface area contributed by atoms with Crippen molar-refractivity contribution in [2.45, 2.75) is 24.8 Å². The average Bonchev–Trinajstić information content (AvgIpc) is 2.42. The van der Waals surface area contributed by atoms with E-state index in [0.29, 0.717) is 25.2 Å². The maximum atomic E-state index is 12.7. The molecule has 20 heavy (non-hydrogen) atoms. The third-order valence-electron chi connectivity index (χ3n) is 3.03. The van der Waals surface area contributed by atoms with Gasteiger partial charge in [0.1, 0.15) is 0 Å². The molecule has 1 N–H and O–H groups in total. The van der Waals surface area contributed by atoms with Crippen molar-refractivity contribution in [2.75, 3.05) is 33.7 Å². The molecule has 5 nitrogen and oxygen atoms in total. The van der Waals surface area contributed by atoms with E-state index in [9.17, 15) is 13.5 Å². The Morgan fingerprint density at radius 3 is 2.30 bits per heavy atom. The third-order valence-corrected chi connectivity index (χ3v) is 5.03. The fourth-order valence-electron chi connectivity index (χ4n) is 1.94. The molecule has 0 spiro atoms. The Labute approximate surface area is 121 Å². The number of aliphatic hydroxyl groups excluding tert-OH is 1. The number of hydrogen-bond acceptors (Lipinski definition) is 4. The quantitative estimate of drug-likeness (QED) is 0.782. The van der Waals surface area contributed by atoms with Crippen LogP contribution in [0.15, 0.2) is 29.2 Å². The molecule has 0 aliphatic rings. The minimum atomic E-state index is -3.55. The molecule has 6 heteroatoms. The van der Waals surface area contributed by atoms with Gasteiger partial charge in [0, 0.05) is 19.6 Å². The summed E-state index contributed by atoms with van der Waals surface area (Å²) in [4.78, 5) is 2.16. The molecule has 0 radical (unpaired) electrons. The molecule has 0 saturated heterocycles. The van der Waals surface area contributed by atoms with Crippen LogP contribution in [-0.2, 0) is 16.6 Å². The Morgan fingerprint density at radius 1 is 1.10 bits per heavy atom. The van der Waals surface area contributed by atoms with Crippen molar-refractivity contribution >= 4 is 10.0 Å². The van der Waals surface area contributed by atoms with E-state index in [-0.39, 0.29) is 11.5 Å². The number of sulfonamides is 1. The van der Waals surface area contributed by atoms with Gasteiger partial charge in [0.25, 0.3) is 0 Å². The zero-order chi connectivity index (χ0) is 15.2. The summed E-state index contributed by atoms with van der Waals surface area (Å²) in [5, 5.41) is 9.32. The van der Waals surface area contributed by atoms with Gasteiger partial charge in [-0.05, 0) is 32.1 Å². The first-order valence-corrected chi connectivity index (χ1v) is 8.21. The van der Waals surface area contributed by atoms with Crippen LogP contribution >= 0.6 is 0 Å². The Hall–Kier alpha value is -0.950. The first-order chi connectivity index (χ1) is 9.43. The summed E-state index contributed by atoms with van der Waals surface area (Å²) in [7, 11) is 0.275. The largest absolute Gasteiger partial charge is 0.392 e. The zero-order valence-corrected chi connectivity index (χ0v) is 13.2. The van der Waals surface area contributed by atoms with Crippen LogP contribution in [-0.4, -0.2) is 56.5 Å². The highest BCUT2D eigenvalue weighted by Gasteiger charge is 2.25. The van der Waals surface area contributed by atoms with Crippen LogP contribution in [0, 0.1) is 0 Å². The molecule has 0 atom stereocenters. The lowest BCUT2D eigenvalue weighted by molar-refractivity contribution is 0.277. The monoisotopic (exact) mass is 300 g/mol. The van der Waals surface area contributed by atoms with E-state index in [1.54, 1.807) is 24.3 Å². The molecule has 1 aromatic carbocycles. The highest BCUT2D eigenvalue weighted by molar-refractivity contribution is 7.89. The van der Waals surface area contributed by atoms with Gasteiger partial charge >= 0.3 is 0 Å². The van der Waals surface area contributed by atoms with E-state index in [4.69, 9.17) is 0 Å². The summed E-state index contributed by atoms with van der Waals surface area (Å²) in [6, 6.07) is 6.61. The van der Waals surface area contributed by atoms with Gasteiger partial charge in [0.05, 0.1) is 11.5 Å². The summed E-state index contributed by atoms with van der Waals surface area (Å²) in [6.07, 6.45) is 0.758. The van der Waals surface area contributed by atoms with Crippen LogP contribution in [0.2, 0.25) is 0 Å². The van der Waals surface area contributed by atoms with E-state index in [2.05, 4.69) is 0 Å². The van der Waals surface area contributed by atoms with E-state index in [0.717, 1.165) is 6.42 Å². The van der Waals surface area contributed by atoms with Gasteiger partial charge in [0.2, 0.25) is 10.0 Å². The lowest BCUT2D eigenvalue weighted by Crippen LogP contribution is -2.37. The van der Waals surface area contributed by atoms with Crippen molar-refractivity contribution in [1.82, 2.24) is 9.21 Å². The summed E-state index contributed by atoms with van der Waals surface area (Å²) < 4.78 is 26.9. The van der Waals surface area contributed by atoms with Crippen molar-refractivity contribution in [3.63, 3.8) is 0 Å². The summed E-state index contributed by atoms with van der Waals surface area (Å²) >= 11 is 0. The van der Waals surface area contributed by atoms with Crippen LogP contribution in [0.4, 0.5) is 0 Å². The second-order valence-corrected chi connectivity index (χ2v) is 6.88. The molecular formula is C14H24N2O3S. The molecule has 0 fully saturated rings. The molecule has 0 saturated carbocycles. The standard InChI is InChI=1S/C14H24N2O3S/c1-4-9-16(11-10-15(2)3)20(18,19)14-8-6-5-7-13(14)12-17/h5-8,17H,4,9-12H2,1-3H3. The molecule has 0 unspecified atom stereocenters. The van der Waals surface area contributed by atoms with Crippen LogP contribution in [0.3, 0.4) is 0 Å². The lowest BCUT2D eigenvalue weighted by atomic mass is 10.2. The minimum Gasteiger partial charge on any atom is -0.392 e. The Kier molecular flexibility index (Phi) is 6.61. The molecule has 0 aliphatic carbocycles. The smallest absolute Gasteiger partial charge is 0.243 e. The second kappa shape index (κ2) is 7.73. The van der Waals surface area contributed by atoms with Crippen molar-refractivity contribution < 1.29 is 13.5 Å². The highest BCUT2D eigenvalue weighted by Crippen LogP contribution is 2.20. The maximum Gasteiger partial charge on any atom is 0.243 e. The second-order valence-electron chi connectivity index (χ2n) is 4.97. The molecule has 0 heterocycles. The molecule has 0 bridgehead atoms. The zero-order valence-electron chi connectivity index (χ0n) is 12.4. The van der Waals surface area contributed by atoms with E-state index in [1.165, 1.54) is 4.31 Å². The number of rotatable bonds is 8.